The molecule has 21 heavy (non-hydrogen) atoms. The molecule has 2 aromatic carbocycles. The maximum absolute atomic E-state index is 12.5. The lowest BCUT2D eigenvalue weighted by Crippen LogP contribution is -2.18. The van der Waals surface area contributed by atoms with E-state index in [4.69, 9.17) is 0 Å². The Bertz CT molecular complexity index is 692. The van der Waals surface area contributed by atoms with E-state index in [1.807, 2.05) is 44.2 Å². The Morgan fingerprint density at radius 3 is 2.86 bits per heavy atom. The fourth-order valence-electron chi connectivity index (χ4n) is 2.87. The van der Waals surface area contributed by atoms with E-state index in [0.717, 1.165) is 41.9 Å². The molecule has 0 saturated heterocycles. The van der Waals surface area contributed by atoms with Crippen LogP contribution in [0.1, 0.15) is 33.5 Å². The first-order chi connectivity index (χ1) is 10.1. The predicted octanol–water partition coefficient (Wildman–Crippen LogP) is 3.91. The molecule has 0 radical (unpaired) electrons. The first-order valence-corrected chi connectivity index (χ1v) is 7.39. The van der Waals surface area contributed by atoms with Crippen molar-refractivity contribution in [1.29, 1.82) is 0 Å². The van der Waals surface area contributed by atoms with Crippen LogP contribution in [0.3, 0.4) is 0 Å². The van der Waals surface area contributed by atoms with Crippen LogP contribution in [0.5, 0.6) is 0 Å². The van der Waals surface area contributed by atoms with E-state index in [-0.39, 0.29) is 5.91 Å². The number of fused-ring (bicyclic) bond motifs is 1. The van der Waals surface area contributed by atoms with Gasteiger partial charge < -0.3 is 10.6 Å². The highest BCUT2D eigenvalue weighted by atomic mass is 16.1. The third-order valence-electron chi connectivity index (χ3n) is 3.95. The number of nitrogens with one attached hydrogen (secondary N) is 2. The second-order valence-corrected chi connectivity index (χ2v) is 5.64. The van der Waals surface area contributed by atoms with Crippen molar-refractivity contribution >= 4 is 17.3 Å². The van der Waals surface area contributed by atoms with Gasteiger partial charge in [0.2, 0.25) is 0 Å². The number of aryl methyl sites for hydroxylation is 3. The average molecular weight is 280 g/mol. The molecule has 3 rings (SSSR count). The van der Waals surface area contributed by atoms with E-state index < -0.39 is 0 Å². The molecule has 108 valence electrons. The van der Waals surface area contributed by atoms with Gasteiger partial charge in [-0.25, -0.2) is 0 Å². The summed E-state index contributed by atoms with van der Waals surface area (Å²) in [6.45, 7) is 4.97. The standard InChI is InChI=1S/C18H20N2O/c1-12-8-9-15(13(2)11-12)18(21)20-16-7-3-5-14-6-4-10-19-17(14)16/h3,5,7-9,11,19H,4,6,10H2,1-2H3,(H,20,21). The number of para-hydroxylation sites is 1. The van der Waals surface area contributed by atoms with Crippen LogP contribution in [0.25, 0.3) is 0 Å². The van der Waals surface area contributed by atoms with Crippen LogP contribution in [0.4, 0.5) is 11.4 Å². The van der Waals surface area contributed by atoms with Crippen LogP contribution in [-0.4, -0.2) is 12.5 Å². The van der Waals surface area contributed by atoms with Crippen molar-refractivity contribution in [2.75, 3.05) is 17.2 Å². The van der Waals surface area contributed by atoms with E-state index in [2.05, 4.69) is 16.7 Å². The number of carbonyl (C=O) groups is 1. The minimum Gasteiger partial charge on any atom is -0.383 e. The smallest absolute Gasteiger partial charge is 0.255 e. The molecule has 0 unspecified atom stereocenters. The number of benzene rings is 2. The monoisotopic (exact) mass is 280 g/mol. The molecule has 0 spiro atoms. The lowest BCUT2D eigenvalue weighted by Gasteiger charge is -2.21. The number of hydrogen-bond acceptors (Lipinski definition) is 2. The SMILES string of the molecule is Cc1ccc(C(=O)Nc2cccc3c2NCCC3)c(C)c1. The Balaban J connectivity index is 1.88. The summed E-state index contributed by atoms with van der Waals surface area (Å²) in [5.41, 5.74) is 6.13. The van der Waals surface area contributed by atoms with E-state index >= 15 is 0 Å². The molecule has 1 aliphatic rings. The maximum atomic E-state index is 12.5. The molecule has 0 aliphatic carbocycles. The van der Waals surface area contributed by atoms with Crippen LogP contribution in [0, 0.1) is 13.8 Å². The Morgan fingerprint density at radius 2 is 2.05 bits per heavy atom. The van der Waals surface area contributed by atoms with Gasteiger partial charge in [-0.2, -0.15) is 0 Å². The second-order valence-electron chi connectivity index (χ2n) is 5.64. The number of carbonyl (C=O) groups excluding carboxylic acids is 1. The lowest BCUT2D eigenvalue weighted by atomic mass is 10.0. The van der Waals surface area contributed by atoms with Gasteiger partial charge in [0.25, 0.3) is 5.91 Å². The summed E-state index contributed by atoms with van der Waals surface area (Å²) in [5.74, 6) is -0.0479. The normalized spacial score (nSPS) is 13.2. The van der Waals surface area contributed by atoms with Gasteiger partial charge in [-0.15, -0.1) is 0 Å². The molecule has 0 fully saturated rings. The van der Waals surface area contributed by atoms with Gasteiger partial charge in [-0.3, -0.25) is 4.79 Å². The zero-order chi connectivity index (χ0) is 14.8. The van der Waals surface area contributed by atoms with Gasteiger partial charge in [-0.1, -0.05) is 29.8 Å². The topological polar surface area (TPSA) is 41.1 Å². The number of hydrogen-bond donors (Lipinski definition) is 2. The van der Waals surface area contributed by atoms with Crippen molar-refractivity contribution in [3.8, 4) is 0 Å². The van der Waals surface area contributed by atoms with Crippen LogP contribution >= 0.6 is 0 Å². The molecule has 0 aromatic heterocycles. The average Bonchev–Trinajstić information content (AvgIpc) is 2.47. The van der Waals surface area contributed by atoms with Crippen molar-refractivity contribution in [3.63, 3.8) is 0 Å². The largest absolute Gasteiger partial charge is 0.383 e. The van der Waals surface area contributed by atoms with Crippen LogP contribution in [0.2, 0.25) is 0 Å². The summed E-state index contributed by atoms with van der Waals surface area (Å²) in [7, 11) is 0. The summed E-state index contributed by atoms with van der Waals surface area (Å²) in [6, 6.07) is 12.0. The fraction of sp³-hybridized carbons (Fsp3) is 0.278. The van der Waals surface area contributed by atoms with Gasteiger partial charge in [0.1, 0.15) is 0 Å². The van der Waals surface area contributed by atoms with Gasteiger partial charge in [0.15, 0.2) is 0 Å². The minimum absolute atomic E-state index is 0.0479. The van der Waals surface area contributed by atoms with Crippen LogP contribution in [0.15, 0.2) is 36.4 Å². The summed E-state index contributed by atoms with van der Waals surface area (Å²) >= 11 is 0. The van der Waals surface area contributed by atoms with Crippen molar-refractivity contribution in [3.05, 3.63) is 58.7 Å². The van der Waals surface area contributed by atoms with Gasteiger partial charge >= 0.3 is 0 Å². The molecule has 1 amide bonds. The second kappa shape index (κ2) is 5.60. The molecule has 0 atom stereocenters. The molecule has 3 heteroatoms. The van der Waals surface area contributed by atoms with E-state index in [1.54, 1.807) is 0 Å². The summed E-state index contributed by atoms with van der Waals surface area (Å²) in [6.07, 6.45) is 2.21. The first-order valence-electron chi connectivity index (χ1n) is 7.39. The Hall–Kier alpha value is -2.29. The van der Waals surface area contributed by atoms with Crippen molar-refractivity contribution in [2.45, 2.75) is 26.7 Å². The quantitative estimate of drug-likeness (QED) is 0.875. The van der Waals surface area contributed by atoms with Crippen molar-refractivity contribution < 1.29 is 4.79 Å². The Kier molecular flexibility index (Phi) is 3.65. The van der Waals surface area contributed by atoms with Gasteiger partial charge in [0.05, 0.1) is 11.4 Å². The predicted molar refractivity (Wildman–Crippen MR) is 87.1 cm³/mol. The van der Waals surface area contributed by atoms with E-state index in [1.165, 1.54) is 11.1 Å². The highest BCUT2D eigenvalue weighted by Crippen LogP contribution is 2.30. The fourth-order valence-corrected chi connectivity index (χ4v) is 2.87. The third-order valence-corrected chi connectivity index (χ3v) is 3.95. The zero-order valence-corrected chi connectivity index (χ0v) is 12.5. The summed E-state index contributed by atoms with van der Waals surface area (Å²) < 4.78 is 0. The number of anilines is 2. The first kappa shape index (κ1) is 13.7. The van der Waals surface area contributed by atoms with Crippen LogP contribution in [-0.2, 0) is 6.42 Å². The molecule has 2 N–H and O–H groups in total. The molecular weight excluding hydrogens is 260 g/mol. The maximum Gasteiger partial charge on any atom is 0.255 e. The molecule has 1 heterocycles. The third kappa shape index (κ3) is 2.77. The summed E-state index contributed by atoms with van der Waals surface area (Å²) in [5, 5.41) is 6.44. The highest BCUT2D eigenvalue weighted by Gasteiger charge is 2.15. The molecular formula is C18H20N2O. The molecule has 2 aromatic rings. The molecule has 0 bridgehead atoms. The van der Waals surface area contributed by atoms with Crippen molar-refractivity contribution in [2.24, 2.45) is 0 Å². The van der Waals surface area contributed by atoms with Gasteiger partial charge in [-0.05, 0) is 49.9 Å². The van der Waals surface area contributed by atoms with Crippen LogP contribution < -0.4 is 10.6 Å². The van der Waals surface area contributed by atoms with E-state index in [0.29, 0.717) is 0 Å². The number of rotatable bonds is 2. The van der Waals surface area contributed by atoms with E-state index in [9.17, 15) is 4.79 Å². The number of amides is 1. The molecule has 0 saturated carbocycles. The van der Waals surface area contributed by atoms with Crippen molar-refractivity contribution in [1.82, 2.24) is 0 Å². The highest BCUT2D eigenvalue weighted by molar-refractivity contribution is 6.07. The molecule has 1 aliphatic heterocycles. The Morgan fingerprint density at radius 1 is 1.19 bits per heavy atom. The Labute approximate surface area is 125 Å². The lowest BCUT2D eigenvalue weighted by molar-refractivity contribution is 0.102. The molecule has 3 nitrogen and oxygen atoms in total. The summed E-state index contributed by atoms with van der Waals surface area (Å²) in [4.78, 5) is 12.5. The zero-order valence-electron chi connectivity index (χ0n) is 12.5. The van der Waals surface area contributed by atoms with Gasteiger partial charge in [0, 0.05) is 12.1 Å². The minimum atomic E-state index is -0.0479.